The minimum Gasteiger partial charge on any atom is -0.386 e. The Morgan fingerprint density at radius 1 is 1.44 bits per heavy atom. The summed E-state index contributed by atoms with van der Waals surface area (Å²) in [5.74, 6) is -0.341. The van der Waals surface area contributed by atoms with Crippen LogP contribution in [0.4, 0.5) is 4.39 Å². The molecule has 0 spiro atoms. The van der Waals surface area contributed by atoms with E-state index in [1.807, 2.05) is 6.92 Å². The smallest absolute Gasteiger partial charge is 0.284 e. The van der Waals surface area contributed by atoms with E-state index in [1.54, 1.807) is 24.3 Å². The van der Waals surface area contributed by atoms with Crippen molar-refractivity contribution in [3.05, 3.63) is 29.8 Å². The highest BCUT2D eigenvalue weighted by molar-refractivity contribution is 7.85. The second-order valence-electron chi connectivity index (χ2n) is 3.38. The Kier molecular flexibility index (Phi) is 4.73. The number of hydrogen-bond acceptors (Lipinski definition) is 2. The molecule has 1 N–H and O–H groups in total. The maximum atomic E-state index is 12.9. The van der Waals surface area contributed by atoms with Gasteiger partial charge in [0.2, 0.25) is 0 Å². The molecule has 0 fully saturated rings. The van der Waals surface area contributed by atoms with Gasteiger partial charge < -0.3 is 5.11 Å². The Labute approximate surface area is 106 Å². The van der Waals surface area contributed by atoms with E-state index in [0.717, 1.165) is 5.56 Å². The van der Waals surface area contributed by atoms with Crippen molar-refractivity contribution in [3.8, 4) is 0 Å². The van der Waals surface area contributed by atoms with Gasteiger partial charge in [-0.15, -0.1) is 0 Å². The van der Waals surface area contributed by atoms with Crippen LogP contribution in [0.25, 0.3) is 0 Å². The molecule has 0 aliphatic heterocycles. The van der Waals surface area contributed by atoms with Crippen molar-refractivity contribution in [2.45, 2.75) is 22.5 Å². The summed E-state index contributed by atoms with van der Waals surface area (Å²) in [5.41, 5.74) is 1.02. The molecule has 0 saturated carbocycles. The molecule has 0 saturated heterocycles. The molecule has 0 bridgehead atoms. The minimum absolute atomic E-state index is 0.341. The van der Waals surface area contributed by atoms with Crippen molar-refractivity contribution in [1.82, 2.24) is 0 Å². The first-order valence-corrected chi connectivity index (χ1v) is 6.58. The summed E-state index contributed by atoms with van der Waals surface area (Å²) < 4.78 is 21.8. The first-order valence-electron chi connectivity index (χ1n) is 4.50. The third kappa shape index (κ3) is 4.01. The van der Waals surface area contributed by atoms with Crippen LogP contribution in [0.15, 0.2) is 29.2 Å². The number of halogens is 3. The number of benzene rings is 1. The monoisotopic (exact) mass is 284 g/mol. The van der Waals surface area contributed by atoms with E-state index in [2.05, 4.69) is 0 Å². The first-order chi connectivity index (χ1) is 7.30. The van der Waals surface area contributed by atoms with E-state index in [-0.39, 0.29) is 5.75 Å². The highest BCUT2D eigenvalue weighted by atomic mass is 35.5. The van der Waals surface area contributed by atoms with E-state index < -0.39 is 21.5 Å². The van der Waals surface area contributed by atoms with Crippen molar-refractivity contribution in [2.75, 3.05) is 5.75 Å². The van der Waals surface area contributed by atoms with Crippen LogP contribution in [0, 0.1) is 6.92 Å². The summed E-state index contributed by atoms with van der Waals surface area (Å²) in [6, 6.07) is 6.87. The third-order valence-corrected chi connectivity index (χ3v) is 3.89. The summed E-state index contributed by atoms with van der Waals surface area (Å²) in [4.78, 5) is 0.502. The predicted molar refractivity (Wildman–Crippen MR) is 64.0 cm³/mol. The Morgan fingerprint density at radius 2 is 1.94 bits per heavy atom. The van der Waals surface area contributed by atoms with Gasteiger partial charge in [0, 0.05) is 4.90 Å². The van der Waals surface area contributed by atoms with Gasteiger partial charge in [0.1, 0.15) is 6.10 Å². The van der Waals surface area contributed by atoms with E-state index in [1.165, 1.54) is 0 Å². The third-order valence-electron chi connectivity index (χ3n) is 1.97. The molecule has 0 aromatic heterocycles. The average Bonchev–Trinajstić information content (AvgIpc) is 2.17. The largest absolute Gasteiger partial charge is 0.386 e. The molecule has 0 radical (unpaired) electrons. The molecule has 90 valence electrons. The Balaban J connectivity index is 2.70. The molecule has 16 heavy (non-hydrogen) atoms. The predicted octanol–water partition coefficient (Wildman–Crippen LogP) is 2.56. The van der Waals surface area contributed by atoms with Crippen molar-refractivity contribution >= 4 is 34.0 Å². The van der Waals surface area contributed by atoms with Crippen molar-refractivity contribution in [1.29, 1.82) is 0 Å². The van der Waals surface area contributed by atoms with Crippen molar-refractivity contribution < 1.29 is 13.7 Å². The summed E-state index contributed by atoms with van der Waals surface area (Å²) in [7, 11) is -1.53. The fourth-order valence-electron chi connectivity index (χ4n) is 1.02. The van der Waals surface area contributed by atoms with Gasteiger partial charge in [-0.1, -0.05) is 40.9 Å². The first kappa shape index (κ1) is 13.9. The van der Waals surface area contributed by atoms with E-state index in [9.17, 15) is 13.7 Å². The summed E-state index contributed by atoms with van der Waals surface area (Å²) in [5, 5.41) is 9.24. The Hall–Kier alpha value is -0.160. The van der Waals surface area contributed by atoms with Crippen LogP contribution in [0.1, 0.15) is 5.56 Å². The molecule has 0 amide bonds. The molecule has 6 heteroatoms. The SMILES string of the molecule is Cc1ccc([S@@](=O)C[C@H](O)C(F)(Cl)Cl)cc1. The fourth-order valence-corrected chi connectivity index (χ4v) is 2.51. The van der Waals surface area contributed by atoms with Gasteiger partial charge in [-0.25, -0.2) is 4.39 Å². The van der Waals surface area contributed by atoms with E-state index in [0.29, 0.717) is 4.90 Å². The number of alkyl halides is 3. The number of aryl methyl sites for hydroxylation is 1. The van der Waals surface area contributed by atoms with E-state index in [4.69, 9.17) is 23.2 Å². The second kappa shape index (κ2) is 5.45. The number of hydrogen-bond donors (Lipinski definition) is 1. The zero-order chi connectivity index (χ0) is 12.3. The van der Waals surface area contributed by atoms with Gasteiger partial charge in [0.25, 0.3) is 4.59 Å². The van der Waals surface area contributed by atoms with Crippen molar-refractivity contribution in [3.63, 3.8) is 0 Å². The second-order valence-corrected chi connectivity index (χ2v) is 6.17. The highest BCUT2D eigenvalue weighted by Gasteiger charge is 2.34. The molecule has 0 heterocycles. The normalized spacial score (nSPS) is 15.8. The van der Waals surface area contributed by atoms with Crippen LogP contribution < -0.4 is 0 Å². The molecular formula is C10H11Cl2FO2S. The molecule has 2 atom stereocenters. The summed E-state index contributed by atoms with van der Waals surface area (Å²) in [6.45, 7) is 1.89. The lowest BCUT2D eigenvalue weighted by Crippen LogP contribution is -2.31. The van der Waals surface area contributed by atoms with Crippen LogP contribution >= 0.6 is 23.2 Å². The fraction of sp³-hybridized carbons (Fsp3) is 0.400. The molecule has 0 aliphatic carbocycles. The molecule has 1 aromatic carbocycles. The lowest BCUT2D eigenvalue weighted by molar-refractivity contribution is 0.117. The number of aliphatic hydroxyl groups is 1. The van der Waals surface area contributed by atoms with Crippen LogP contribution in [-0.2, 0) is 10.8 Å². The molecule has 2 nitrogen and oxygen atoms in total. The molecule has 0 aliphatic rings. The average molecular weight is 285 g/mol. The minimum atomic E-state index is -2.78. The van der Waals surface area contributed by atoms with E-state index >= 15 is 0 Å². The number of aliphatic hydroxyl groups excluding tert-OH is 1. The zero-order valence-corrected chi connectivity index (χ0v) is 10.8. The van der Waals surface area contributed by atoms with Crippen LogP contribution in [-0.4, -0.2) is 25.8 Å². The van der Waals surface area contributed by atoms with Crippen LogP contribution in [0.5, 0.6) is 0 Å². The van der Waals surface area contributed by atoms with Crippen LogP contribution in [0.3, 0.4) is 0 Å². The zero-order valence-electron chi connectivity index (χ0n) is 8.49. The number of rotatable bonds is 4. The molecule has 1 aromatic rings. The van der Waals surface area contributed by atoms with Crippen LogP contribution in [0.2, 0.25) is 0 Å². The van der Waals surface area contributed by atoms with Gasteiger partial charge in [0.15, 0.2) is 0 Å². The molecular weight excluding hydrogens is 274 g/mol. The van der Waals surface area contributed by atoms with Gasteiger partial charge >= 0.3 is 0 Å². The maximum Gasteiger partial charge on any atom is 0.284 e. The molecule has 1 rings (SSSR count). The van der Waals surface area contributed by atoms with Crippen molar-refractivity contribution in [2.24, 2.45) is 0 Å². The quantitative estimate of drug-likeness (QED) is 0.863. The lowest BCUT2D eigenvalue weighted by atomic mass is 10.2. The van der Waals surface area contributed by atoms with Gasteiger partial charge in [0.05, 0.1) is 16.6 Å². The van der Waals surface area contributed by atoms with Gasteiger partial charge in [-0.05, 0) is 19.1 Å². The Bertz CT molecular complexity index is 375. The topological polar surface area (TPSA) is 37.3 Å². The standard InChI is InChI=1S/C10H11Cl2FO2S/c1-7-2-4-8(5-3-7)16(15)6-9(14)10(11,12)13/h2-5,9,14H,6H2,1H3/t9-,16-/m0/s1. The maximum absolute atomic E-state index is 12.9. The van der Waals surface area contributed by atoms with Gasteiger partial charge in [-0.2, -0.15) is 0 Å². The van der Waals surface area contributed by atoms with Gasteiger partial charge in [-0.3, -0.25) is 4.21 Å². The Morgan fingerprint density at radius 3 is 2.38 bits per heavy atom. The summed E-state index contributed by atoms with van der Waals surface area (Å²) >= 11 is 10.1. The molecule has 0 unspecified atom stereocenters. The highest BCUT2D eigenvalue weighted by Crippen LogP contribution is 2.28. The lowest BCUT2D eigenvalue weighted by Gasteiger charge is -2.16. The summed E-state index contributed by atoms with van der Waals surface area (Å²) in [6.07, 6.45) is -1.68.